The van der Waals surface area contributed by atoms with Crippen LogP contribution in [0.3, 0.4) is 0 Å². The molecule has 1 aromatic heterocycles. The van der Waals surface area contributed by atoms with Crippen LogP contribution in [0.25, 0.3) is 0 Å². The molecule has 0 bridgehead atoms. The molecule has 1 aromatic rings. The number of nitrogens with zero attached hydrogens (tertiary/aromatic N) is 2. The third-order valence-electron chi connectivity index (χ3n) is 0.780. The first kappa shape index (κ1) is 6.47. The van der Waals surface area contributed by atoms with Gasteiger partial charge in [0.05, 0.1) is 0 Å². The number of nitrogens with one attached hydrogen (secondary N) is 1. The molecule has 10 heavy (non-hydrogen) atoms. The number of carbonyl (C=O) groups excluding carboxylic acids is 1. The van der Waals surface area contributed by atoms with Gasteiger partial charge in [-0.05, 0) is 6.07 Å². The number of carboxylic acid groups (broad SMARTS) is 1. The second kappa shape index (κ2) is 2.77. The molecule has 0 atom stereocenters. The Labute approximate surface area is 56.7 Å². The molecular weight excluding hydrogens is 134 g/mol. The standard InChI is InChI=1S/C5H5N3O2/c9-5(10)8-4-6-2-1-3-7-4/h1-3H,(H,9,10)(H,6,7,8)/p-1. The fraction of sp³-hybridized carbons (Fsp3) is 0. The van der Waals surface area contributed by atoms with Gasteiger partial charge in [0, 0.05) is 12.4 Å². The Kier molecular flexibility index (Phi) is 1.79. The quantitative estimate of drug-likeness (QED) is 0.552. The number of carbonyl (C=O) groups is 1. The highest BCUT2D eigenvalue weighted by atomic mass is 16.4. The van der Waals surface area contributed by atoms with E-state index in [1.165, 1.54) is 12.4 Å². The SMILES string of the molecule is O=C([O-])Nc1ncccn1. The second-order valence-corrected chi connectivity index (χ2v) is 1.48. The van der Waals surface area contributed by atoms with Crippen LogP contribution < -0.4 is 10.4 Å². The molecule has 0 fully saturated rings. The monoisotopic (exact) mass is 138 g/mol. The minimum absolute atomic E-state index is 0.0301. The van der Waals surface area contributed by atoms with E-state index in [1.807, 2.05) is 5.32 Å². The van der Waals surface area contributed by atoms with Crippen molar-refractivity contribution < 1.29 is 9.90 Å². The maximum Gasteiger partial charge on any atom is 0.228 e. The third-order valence-corrected chi connectivity index (χ3v) is 0.780. The van der Waals surface area contributed by atoms with Gasteiger partial charge in [-0.1, -0.05) is 0 Å². The summed E-state index contributed by atoms with van der Waals surface area (Å²) in [6, 6.07) is 1.58. The van der Waals surface area contributed by atoms with Crippen molar-refractivity contribution in [1.82, 2.24) is 9.97 Å². The van der Waals surface area contributed by atoms with Gasteiger partial charge < -0.3 is 15.2 Å². The van der Waals surface area contributed by atoms with Gasteiger partial charge in [-0.2, -0.15) is 0 Å². The van der Waals surface area contributed by atoms with Crippen LogP contribution in [0.2, 0.25) is 0 Å². The molecule has 1 heterocycles. The zero-order valence-corrected chi connectivity index (χ0v) is 4.94. The summed E-state index contributed by atoms with van der Waals surface area (Å²) in [5, 5.41) is 11.8. The van der Waals surface area contributed by atoms with Gasteiger partial charge in [-0.15, -0.1) is 0 Å². The van der Waals surface area contributed by atoms with E-state index in [4.69, 9.17) is 0 Å². The lowest BCUT2D eigenvalue weighted by molar-refractivity contribution is -0.242. The van der Waals surface area contributed by atoms with Crippen LogP contribution in [0.5, 0.6) is 0 Å². The summed E-state index contributed by atoms with van der Waals surface area (Å²) in [6.45, 7) is 0. The zero-order valence-electron chi connectivity index (χ0n) is 4.94. The number of rotatable bonds is 1. The van der Waals surface area contributed by atoms with Gasteiger partial charge in [0.2, 0.25) is 5.95 Å². The molecule has 52 valence electrons. The predicted molar refractivity (Wildman–Crippen MR) is 31.1 cm³/mol. The van der Waals surface area contributed by atoms with Gasteiger partial charge in [0.1, 0.15) is 6.09 Å². The fourth-order valence-electron chi connectivity index (χ4n) is 0.455. The van der Waals surface area contributed by atoms with Gasteiger partial charge in [-0.25, -0.2) is 9.97 Å². The van der Waals surface area contributed by atoms with E-state index in [2.05, 4.69) is 9.97 Å². The molecule has 0 unspecified atom stereocenters. The summed E-state index contributed by atoms with van der Waals surface area (Å²) in [7, 11) is 0. The minimum Gasteiger partial charge on any atom is -0.530 e. The van der Waals surface area contributed by atoms with Gasteiger partial charge in [0.15, 0.2) is 0 Å². The summed E-state index contributed by atoms with van der Waals surface area (Å²) in [4.78, 5) is 17.0. The normalized spacial score (nSPS) is 8.80. The third kappa shape index (κ3) is 1.70. The molecular formula is C5H4N3O2-. The molecule has 0 spiro atoms. The van der Waals surface area contributed by atoms with E-state index >= 15 is 0 Å². The average molecular weight is 138 g/mol. The Morgan fingerprint density at radius 3 is 2.60 bits per heavy atom. The van der Waals surface area contributed by atoms with Gasteiger partial charge >= 0.3 is 0 Å². The predicted octanol–water partition coefficient (Wildman–Crippen LogP) is -0.768. The van der Waals surface area contributed by atoms with Crippen molar-refractivity contribution in [3.8, 4) is 0 Å². The first-order valence-corrected chi connectivity index (χ1v) is 2.54. The number of anilines is 1. The van der Waals surface area contributed by atoms with Crippen LogP contribution >= 0.6 is 0 Å². The summed E-state index contributed by atoms with van der Waals surface area (Å²) in [5.74, 6) is 0.0301. The molecule has 0 aliphatic heterocycles. The van der Waals surface area contributed by atoms with E-state index in [-0.39, 0.29) is 5.95 Å². The summed E-state index contributed by atoms with van der Waals surface area (Å²) >= 11 is 0. The van der Waals surface area contributed by atoms with E-state index in [1.54, 1.807) is 6.07 Å². The molecule has 0 aliphatic rings. The maximum absolute atomic E-state index is 9.87. The molecule has 5 heteroatoms. The number of hydrogen-bond donors (Lipinski definition) is 1. The van der Waals surface area contributed by atoms with Crippen LogP contribution in [0.15, 0.2) is 18.5 Å². The molecule has 0 aromatic carbocycles. The van der Waals surface area contributed by atoms with Crippen molar-refractivity contribution in [1.29, 1.82) is 0 Å². The molecule has 0 radical (unpaired) electrons. The lowest BCUT2D eigenvalue weighted by atomic mass is 10.7. The molecule has 5 nitrogen and oxygen atoms in total. The van der Waals surface area contributed by atoms with E-state index < -0.39 is 6.09 Å². The lowest BCUT2D eigenvalue weighted by Crippen LogP contribution is -2.29. The van der Waals surface area contributed by atoms with Crippen LogP contribution in [-0.4, -0.2) is 16.1 Å². The Bertz CT molecular complexity index is 224. The van der Waals surface area contributed by atoms with Crippen LogP contribution in [0.4, 0.5) is 10.7 Å². The summed E-state index contributed by atoms with van der Waals surface area (Å²) in [6.07, 6.45) is 1.45. The lowest BCUT2D eigenvalue weighted by Gasteiger charge is -2.01. The Hall–Kier alpha value is -1.65. The molecule has 1 N–H and O–H groups in total. The topological polar surface area (TPSA) is 77.9 Å². The maximum atomic E-state index is 9.87. The van der Waals surface area contributed by atoms with Crippen molar-refractivity contribution >= 4 is 12.0 Å². The van der Waals surface area contributed by atoms with Crippen molar-refractivity contribution in [2.24, 2.45) is 0 Å². The first-order chi connectivity index (χ1) is 4.79. The largest absolute Gasteiger partial charge is 0.530 e. The highest BCUT2D eigenvalue weighted by molar-refractivity contribution is 5.78. The van der Waals surface area contributed by atoms with Crippen molar-refractivity contribution in [3.05, 3.63) is 18.5 Å². The minimum atomic E-state index is -1.41. The van der Waals surface area contributed by atoms with Crippen LogP contribution in [0, 0.1) is 0 Å². The first-order valence-electron chi connectivity index (χ1n) is 2.54. The Balaban J connectivity index is 2.67. The van der Waals surface area contributed by atoms with E-state index in [9.17, 15) is 9.90 Å². The molecule has 0 saturated carbocycles. The van der Waals surface area contributed by atoms with Crippen molar-refractivity contribution in [3.63, 3.8) is 0 Å². The number of aromatic nitrogens is 2. The average Bonchev–Trinajstić information content (AvgIpc) is 1.88. The Morgan fingerprint density at radius 2 is 2.10 bits per heavy atom. The zero-order chi connectivity index (χ0) is 7.40. The van der Waals surface area contributed by atoms with Crippen LogP contribution in [0.1, 0.15) is 0 Å². The highest BCUT2D eigenvalue weighted by Gasteiger charge is 1.88. The highest BCUT2D eigenvalue weighted by Crippen LogP contribution is 1.90. The van der Waals surface area contributed by atoms with E-state index in [0.717, 1.165) is 0 Å². The molecule has 0 aliphatic carbocycles. The Morgan fingerprint density at radius 1 is 1.50 bits per heavy atom. The molecule has 0 saturated heterocycles. The van der Waals surface area contributed by atoms with Crippen molar-refractivity contribution in [2.45, 2.75) is 0 Å². The van der Waals surface area contributed by atoms with Crippen molar-refractivity contribution in [2.75, 3.05) is 5.32 Å². The number of hydrogen-bond acceptors (Lipinski definition) is 4. The van der Waals surface area contributed by atoms with Gasteiger partial charge in [0.25, 0.3) is 0 Å². The van der Waals surface area contributed by atoms with E-state index in [0.29, 0.717) is 0 Å². The van der Waals surface area contributed by atoms with Gasteiger partial charge in [-0.3, -0.25) is 0 Å². The second-order valence-electron chi connectivity index (χ2n) is 1.48. The number of amides is 1. The fourth-order valence-corrected chi connectivity index (χ4v) is 0.455. The molecule has 1 amide bonds. The van der Waals surface area contributed by atoms with Crippen LogP contribution in [-0.2, 0) is 0 Å². The summed E-state index contributed by atoms with van der Waals surface area (Å²) in [5.41, 5.74) is 0. The smallest absolute Gasteiger partial charge is 0.228 e. The summed E-state index contributed by atoms with van der Waals surface area (Å²) < 4.78 is 0. The molecule has 1 rings (SSSR count).